The molecule has 0 saturated heterocycles. The van der Waals surface area contributed by atoms with Crippen molar-refractivity contribution in [2.45, 2.75) is 0 Å². The van der Waals surface area contributed by atoms with Gasteiger partial charge in [0.25, 0.3) is 0 Å². The van der Waals surface area contributed by atoms with Crippen LogP contribution in [0.5, 0.6) is 0 Å². The molecule has 3 aromatic rings. The second-order valence-electron chi connectivity index (χ2n) is 3.91. The van der Waals surface area contributed by atoms with E-state index in [4.69, 9.17) is 5.73 Å². The van der Waals surface area contributed by atoms with Gasteiger partial charge >= 0.3 is 0 Å². The molecule has 3 rings (SSSR count). The lowest BCUT2D eigenvalue weighted by atomic mass is 10.1. The van der Waals surface area contributed by atoms with Crippen molar-refractivity contribution in [3.05, 3.63) is 30.6 Å². The molecular weight excluding hydrogens is 228 g/mol. The molecule has 0 aromatic carbocycles. The summed E-state index contributed by atoms with van der Waals surface area (Å²) in [5, 5.41) is 9.88. The van der Waals surface area contributed by atoms with Crippen molar-refractivity contribution in [2.24, 2.45) is 0 Å². The largest absolute Gasteiger partial charge is 0.386 e. The van der Waals surface area contributed by atoms with E-state index in [0.717, 1.165) is 28.0 Å². The third-order valence-corrected chi connectivity index (χ3v) is 2.75. The molecule has 18 heavy (non-hydrogen) atoms. The number of pyridine rings is 2. The van der Waals surface area contributed by atoms with Crippen LogP contribution >= 0.6 is 0 Å². The SMILES string of the molecule is CNc1cc(N)nc2cc(-c3ccn[nH]3)cnc12. The average molecular weight is 240 g/mol. The van der Waals surface area contributed by atoms with Crippen LogP contribution in [0, 0.1) is 0 Å². The van der Waals surface area contributed by atoms with Gasteiger partial charge < -0.3 is 11.1 Å². The molecule has 0 aliphatic carbocycles. The molecule has 0 amide bonds. The highest BCUT2D eigenvalue weighted by Crippen LogP contribution is 2.25. The highest BCUT2D eigenvalue weighted by atomic mass is 15.1. The number of rotatable bonds is 2. The topological polar surface area (TPSA) is 92.5 Å². The first-order valence-corrected chi connectivity index (χ1v) is 5.51. The van der Waals surface area contributed by atoms with E-state index in [2.05, 4.69) is 25.5 Å². The Kier molecular flexibility index (Phi) is 2.33. The van der Waals surface area contributed by atoms with Gasteiger partial charge in [0.1, 0.15) is 11.3 Å². The molecule has 0 atom stereocenters. The first kappa shape index (κ1) is 10.5. The fourth-order valence-electron chi connectivity index (χ4n) is 1.89. The maximum absolute atomic E-state index is 5.77. The predicted octanol–water partition coefficient (Wildman–Crippen LogP) is 1.64. The minimum atomic E-state index is 0.468. The zero-order valence-electron chi connectivity index (χ0n) is 9.81. The standard InChI is InChI=1S/C12H12N6/c1-14-9-5-11(13)17-10-4-7(6-15-12(9)10)8-2-3-16-18-8/h2-6H,1H3,(H,16,18)(H3,13,14,17). The quantitative estimate of drug-likeness (QED) is 0.633. The number of nitrogens with zero attached hydrogens (tertiary/aromatic N) is 3. The number of nitrogen functional groups attached to an aromatic ring is 1. The minimum Gasteiger partial charge on any atom is -0.386 e. The van der Waals surface area contributed by atoms with Gasteiger partial charge in [0, 0.05) is 31.1 Å². The van der Waals surface area contributed by atoms with Crippen molar-refractivity contribution < 1.29 is 0 Å². The number of nitrogens with two attached hydrogens (primary N) is 1. The van der Waals surface area contributed by atoms with E-state index in [1.807, 2.05) is 19.2 Å². The van der Waals surface area contributed by atoms with Crippen molar-refractivity contribution >= 4 is 22.5 Å². The van der Waals surface area contributed by atoms with Crippen LogP contribution in [0.25, 0.3) is 22.3 Å². The van der Waals surface area contributed by atoms with Gasteiger partial charge in [-0.2, -0.15) is 5.10 Å². The first-order chi connectivity index (χ1) is 8.78. The van der Waals surface area contributed by atoms with E-state index in [0.29, 0.717) is 5.82 Å². The highest BCUT2D eigenvalue weighted by molar-refractivity contribution is 5.91. The number of aromatic nitrogens is 4. The maximum atomic E-state index is 5.77. The normalized spacial score (nSPS) is 10.7. The van der Waals surface area contributed by atoms with Crippen molar-refractivity contribution in [3.8, 4) is 11.3 Å². The summed E-state index contributed by atoms with van der Waals surface area (Å²) in [6.45, 7) is 0. The number of hydrogen-bond donors (Lipinski definition) is 3. The summed E-state index contributed by atoms with van der Waals surface area (Å²) in [6, 6.07) is 5.59. The lowest BCUT2D eigenvalue weighted by molar-refractivity contribution is 1.09. The van der Waals surface area contributed by atoms with Crippen LogP contribution < -0.4 is 11.1 Å². The minimum absolute atomic E-state index is 0.468. The van der Waals surface area contributed by atoms with E-state index < -0.39 is 0 Å². The van der Waals surface area contributed by atoms with Gasteiger partial charge in [-0.15, -0.1) is 0 Å². The summed E-state index contributed by atoms with van der Waals surface area (Å²) in [7, 11) is 1.83. The Bertz CT molecular complexity index is 689. The summed E-state index contributed by atoms with van der Waals surface area (Å²) in [5.74, 6) is 0.468. The van der Waals surface area contributed by atoms with E-state index >= 15 is 0 Å². The zero-order chi connectivity index (χ0) is 12.5. The first-order valence-electron chi connectivity index (χ1n) is 5.51. The summed E-state index contributed by atoms with van der Waals surface area (Å²) in [4.78, 5) is 8.72. The van der Waals surface area contributed by atoms with Gasteiger partial charge in [0.2, 0.25) is 0 Å². The van der Waals surface area contributed by atoms with Gasteiger partial charge in [0.15, 0.2) is 0 Å². The molecule has 6 heteroatoms. The zero-order valence-corrected chi connectivity index (χ0v) is 9.81. The molecule has 0 aliphatic heterocycles. The van der Waals surface area contributed by atoms with Gasteiger partial charge in [-0.05, 0) is 12.1 Å². The van der Waals surface area contributed by atoms with Crippen LogP contribution in [-0.2, 0) is 0 Å². The predicted molar refractivity (Wildman–Crippen MR) is 71.1 cm³/mol. The van der Waals surface area contributed by atoms with Gasteiger partial charge in [-0.25, -0.2) is 4.98 Å². The number of H-pyrrole nitrogens is 1. The van der Waals surface area contributed by atoms with Crippen molar-refractivity contribution in [1.82, 2.24) is 20.2 Å². The summed E-state index contributed by atoms with van der Waals surface area (Å²) >= 11 is 0. The highest BCUT2D eigenvalue weighted by Gasteiger charge is 2.07. The van der Waals surface area contributed by atoms with Crippen LogP contribution in [0.1, 0.15) is 0 Å². The Balaban J connectivity index is 2.24. The lowest BCUT2D eigenvalue weighted by Gasteiger charge is -2.07. The van der Waals surface area contributed by atoms with E-state index in [-0.39, 0.29) is 0 Å². The third kappa shape index (κ3) is 1.64. The maximum Gasteiger partial charge on any atom is 0.126 e. The molecule has 0 radical (unpaired) electrons. The lowest BCUT2D eigenvalue weighted by Crippen LogP contribution is -1.98. The van der Waals surface area contributed by atoms with Crippen molar-refractivity contribution in [1.29, 1.82) is 0 Å². The van der Waals surface area contributed by atoms with Gasteiger partial charge in [0.05, 0.1) is 16.9 Å². The fraction of sp³-hybridized carbons (Fsp3) is 0.0833. The number of anilines is 2. The number of aromatic amines is 1. The Morgan fingerprint density at radius 2 is 2.22 bits per heavy atom. The summed E-state index contributed by atoms with van der Waals surface area (Å²) < 4.78 is 0. The van der Waals surface area contributed by atoms with E-state index in [9.17, 15) is 0 Å². The monoisotopic (exact) mass is 240 g/mol. The van der Waals surface area contributed by atoms with Crippen LogP contribution in [0.15, 0.2) is 30.6 Å². The molecule has 6 nitrogen and oxygen atoms in total. The van der Waals surface area contributed by atoms with Crippen LogP contribution in [0.4, 0.5) is 11.5 Å². The molecule has 4 N–H and O–H groups in total. The summed E-state index contributed by atoms with van der Waals surface area (Å²) in [5.41, 5.74) is 10.0. The third-order valence-electron chi connectivity index (χ3n) is 2.75. The fourth-order valence-corrected chi connectivity index (χ4v) is 1.89. The molecule has 0 spiro atoms. The molecular formula is C12H12N6. The van der Waals surface area contributed by atoms with Crippen LogP contribution in [0.3, 0.4) is 0 Å². The Morgan fingerprint density at radius 3 is 2.94 bits per heavy atom. The molecule has 0 saturated carbocycles. The molecule has 0 aliphatic rings. The Hall–Kier alpha value is -2.63. The van der Waals surface area contributed by atoms with Crippen molar-refractivity contribution in [2.75, 3.05) is 18.1 Å². The van der Waals surface area contributed by atoms with Gasteiger partial charge in [-0.3, -0.25) is 10.1 Å². The van der Waals surface area contributed by atoms with Crippen LogP contribution in [-0.4, -0.2) is 27.2 Å². The smallest absolute Gasteiger partial charge is 0.126 e. The molecule has 0 fully saturated rings. The number of hydrogen-bond acceptors (Lipinski definition) is 5. The average Bonchev–Trinajstić information content (AvgIpc) is 2.90. The van der Waals surface area contributed by atoms with E-state index in [1.165, 1.54) is 0 Å². The molecule has 3 aromatic heterocycles. The molecule has 90 valence electrons. The van der Waals surface area contributed by atoms with Crippen LogP contribution in [0.2, 0.25) is 0 Å². The van der Waals surface area contributed by atoms with Gasteiger partial charge in [-0.1, -0.05) is 0 Å². The molecule has 0 bridgehead atoms. The van der Waals surface area contributed by atoms with E-state index in [1.54, 1.807) is 18.5 Å². The Labute approximate surface area is 103 Å². The number of fused-ring (bicyclic) bond motifs is 1. The second kappa shape index (κ2) is 3.99. The molecule has 3 heterocycles. The van der Waals surface area contributed by atoms with Crippen molar-refractivity contribution in [3.63, 3.8) is 0 Å². The summed E-state index contributed by atoms with van der Waals surface area (Å²) in [6.07, 6.45) is 3.49. The second-order valence-corrected chi connectivity index (χ2v) is 3.91. The number of nitrogens with one attached hydrogen (secondary N) is 2. The molecule has 0 unspecified atom stereocenters. The Morgan fingerprint density at radius 1 is 1.33 bits per heavy atom.